The first-order chi connectivity index (χ1) is 19.0. The Balaban J connectivity index is 0.00000840. The molecule has 0 aromatic heterocycles. The number of hydrogen-bond donors (Lipinski definition) is 8. The molecule has 2 aliphatic rings. The summed E-state index contributed by atoms with van der Waals surface area (Å²) >= 11 is 20.5. The van der Waals surface area contributed by atoms with Crippen LogP contribution in [-0.4, -0.2) is 147 Å². The number of nitrogens with zero attached hydrogens (tertiary/aromatic N) is 2. The van der Waals surface area contributed by atoms with Gasteiger partial charge in [0.2, 0.25) is 0 Å². The van der Waals surface area contributed by atoms with Gasteiger partial charge in [-0.25, -0.2) is 0 Å². The fourth-order valence-electron chi connectivity index (χ4n) is 4.95. The monoisotopic (exact) mass is 692 g/mol. The van der Waals surface area contributed by atoms with E-state index in [-0.39, 0.29) is 67.8 Å². The Bertz CT molecular complexity index is 736. The van der Waals surface area contributed by atoms with Crippen molar-refractivity contribution in [3.05, 3.63) is 0 Å². The third kappa shape index (κ3) is 12.4. The van der Waals surface area contributed by atoms with Crippen LogP contribution in [0.2, 0.25) is 0 Å². The zero-order valence-electron chi connectivity index (χ0n) is 24.2. The second-order valence-corrected chi connectivity index (χ2v) is 12.2. The minimum absolute atomic E-state index is 0. The van der Waals surface area contributed by atoms with Crippen molar-refractivity contribution >= 4 is 58.3 Å². The zero-order valence-corrected chi connectivity index (χ0v) is 31.4. The maximum absolute atomic E-state index is 10.4. The first-order valence-electron chi connectivity index (χ1n) is 13.5. The second kappa shape index (κ2) is 22.4. The standard InChI is InChI=1S/C24H44N2O10S4.2Na/c27-11-13-15(29)17(31)19(33)21(35-13)25(23(37)38)9-7-5-3-1-2-4-6-8-10-26(24(39)40)22-20(34)18(32)16(30)14(12-28)36-22;;/h13-22,27-34H,1-12H2,(H,37,38)(H,39,40);;/q;2*+1/p-2/t13-,14-,15-,16-,17+,18+,19-,20-,21?,22?;;/m1../s1. The number of rotatable bonds is 15. The van der Waals surface area contributed by atoms with Gasteiger partial charge < -0.3 is 110 Å². The van der Waals surface area contributed by atoms with Gasteiger partial charge in [0.05, 0.1) is 13.2 Å². The van der Waals surface area contributed by atoms with Crippen molar-refractivity contribution in [3.8, 4) is 0 Å². The van der Waals surface area contributed by atoms with E-state index in [1.54, 1.807) is 0 Å². The van der Waals surface area contributed by atoms with Crippen molar-refractivity contribution in [2.75, 3.05) is 26.3 Å². The average Bonchev–Trinajstić information content (AvgIpc) is 2.92. The summed E-state index contributed by atoms with van der Waals surface area (Å²) in [7, 11) is 0. The van der Waals surface area contributed by atoms with E-state index < -0.39 is 74.5 Å². The Labute approximate surface area is 313 Å². The Morgan fingerprint density at radius 1 is 0.524 bits per heavy atom. The first kappa shape index (κ1) is 43.8. The molecule has 0 spiro atoms. The zero-order chi connectivity index (χ0) is 30.0. The van der Waals surface area contributed by atoms with Gasteiger partial charge in [0.15, 0.2) is 12.5 Å². The number of ether oxygens (including phenoxy) is 2. The molecule has 0 radical (unpaired) electrons. The maximum atomic E-state index is 10.4. The molecule has 0 aromatic rings. The number of aliphatic hydroxyl groups excluding tert-OH is 8. The van der Waals surface area contributed by atoms with E-state index in [1.165, 1.54) is 9.80 Å². The summed E-state index contributed by atoms with van der Waals surface area (Å²) in [4.78, 5) is 3.00. The fourth-order valence-corrected chi connectivity index (χ4v) is 5.73. The van der Waals surface area contributed by atoms with E-state index in [0.29, 0.717) is 13.1 Å². The fraction of sp³-hybridized carbons (Fsp3) is 0.917. The largest absolute Gasteiger partial charge is 1.00 e. The van der Waals surface area contributed by atoms with E-state index in [1.807, 2.05) is 0 Å². The van der Waals surface area contributed by atoms with Gasteiger partial charge >= 0.3 is 59.1 Å². The molecule has 12 nitrogen and oxygen atoms in total. The summed E-state index contributed by atoms with van der Waals surface area (Å²) in [6.45, 7) is -0.240. The minimum Gasteiger partial charge on any atom is -0.411 e. The van der Waals surface area contributed by atoms with Gasteiger partial charge in [-0.15, -0.1) is 0 Å². The quantitative estimate of drug-likeness (QED) is 0.0350. The van der Waals surface area contributed by atoms with Gasteiger partial charge in [-0.3, -0.25) is 0 Å². The van der Waals surface area contributed by atoms with Gasteiger partial charge in [-0.1, -0.05) is 47.2 Å². The Hall–Kier alpha value is 1.82. The Kier molecular flexibility index (Phi) is 23.4. The molecular formula is C24H42N2Na2O10S4. The van der Waals surface area contributed by atoms with E-state index >= 15 is 0 Å². The van der Waals surface area contributed by atoms with Crippen LogP contribution in [-0.2, 0) is 34.7 Å². The molecule has 0 saturated carbocycles. The Morgan fingerprint density at radius 2 is 0.810 bits per heavy atom. The van der Waals surface area contributed by atoms with E-state index in [0.717, 1.165) is 51.4 Å². The van der Waals surface area contributed by atoms with Crippen LogP contribution >= 0.6 is 24.4 Å². The molecule has 0 aliphatic carbocycles. The SMILES string of the molecule is OC[C@H]1OC(N(CCCCCCCCCCN(C(=S)[S-])C2O[C@H](CO)[C@@H](O)[C@H](O)[C@H]2O)C(=S)[S-])[C@H](O)[C@@H](O)[C@@H]1O.[Na+].[Na+]. The summed E-state index contributed by atoms with van der Waals surface area (Å²) in [5.74, 6) is 0. The van der Waals surface area contributed by atoms with Crippen LogP contribution in [0.5, 0.6) is 0 Å². The van der Waals surface area contributed by atoms with Crippen molar-refractivity contribution in [2.45, 2.75) is 113 Å². The van der Waals surface area contributed by atoms with Crippen molar-refractivity contribution in [3.63, 3.8) is 0 Å². The molecule has 0 amide bonds. The van der Waals surface area contributed by atoms with Crippen LogP contribution in [0.1, 0.15) is 51.4 Å². The van der Waals surface area contributed by atoms with Crippen LogP contribution in [0.3, 0.4) is 0 Å². The van der Waals surface area contributed by atoms with Gasteiger partial charge in [-0.2, -0.15) is 0 Å². The summed E-state index contributed by atoms with van der Waals surface area (Å²) in [5, 5.41) is 79.6. The molecule has 2 fully saturated rings. The van der Waals surface area contributed by atoms with Crippen LogP contribution in [0.25, 0.3) is 0 Å². The topological polar surface area (TPSA) is 187 Å². The molecule has 0 bridgehead atoms. The van der Waals surface area contributed by atoms with Crippen LogP contribution < -0.4 is 59.1 Å². The smallest absolute Gasteiger partial charge is 0.411 e. The summed E-state index contributed by atoms with van der Waals surface area (Å²) in [6.07, 6.45) is -5.78. The molecule has 42 heavy (non-hydrogen) atoms. The Morgan fingerprint density at radius 3 is 1.07 bits per heavy atom. The van der Waals surface area contributed by atoms with E-state index in [9.17, 15) is 40.9 Å². The maximum Gasteiger partial charge on any atom is 1.00 e. The van der Waals surface area contributed by atoms with Gasteiger partial charge in [0.1, 0.15) is 48.8 Å². The molecule has 234 valence electrons. The molecule has 2 heterocycles. The summed E-state index contributed by atoms with van der Waals surface area (Å²) in [5.41, 5.74) is 0. The third-order valence-corrected chi connectivity index (χ3v) is 8.30. The predicted molar refractivity (Wildman–Crippen MR) is 158 cm³/mol. The second-order valence-electron chi connectivity index (χ2n) is 10.2. The predicted octanol–water partition coefficient (Wildman–Crippen LogP) is -8.02. The molecule has 2 rings (SSSR count). The normalized spacial score (nSPS) is 32.8. The number of thiocarbonyl (C=S) groups is 2. The van der Waals surface area contributed by atoms with E-state index in [2.05, 4.69) is 0 Å². The molecule has 0 aromatic carbocycles. The molecule has 8 N–H and O–H groups in total. The number of unbranched alkanes of at least 4 members (excludes halogenated alkanes) is 7. The van der Waals surface area contributed by atoms with Gasteiger partial charge in [0.25, 0.3) is 0 Å². The van der Waals surface area contributed by atoms with E-state index in [4.69, 9.17) is 59.2 Å². The summed E-state index contributed by atoms with van der Waals surface area (Å²) in [6, 6.07) is 0. The number of aliphatic hydroxyl groups is 8. The molecule has 2 aliphatic heterocycles. The molecular weight excluding hydrogens is 651 g/mol. The van der Waals surface area contributed by atoms with Crippen LogP contribution in [0, 0.1) is 0 Å². The van der Waals surface area contributed by atoms with Crippen LogP contribution in [0.4, 0.5) is 0 Å². The summed E-state index contributed by atoms with van der Waals surface area (Å²) < 4.78 is 11.3. The van der Waals surface area contributed by atoms with Crippen molar-refractivity contribution in [1.29, 1.82) is 0 Å². The molecule has 2 unspecified atom stereocenters. The third-order valence-electron chi connectivity index (χ3n) is 7.37. The van der Waals surface area contributed by atoms with Gasteiger partial charge in [-0.05, 0) is 12.8 Å². The number of hydrogen-bond acceptors (Lipinski definition) is 14. The van der Waals surface area contributed by atoms with Crippen LogP contribution in [0.15, 0.2) is 0 Å². The first-order valence-corrected chi connectivity index (χ1v) is 15.2. The van der Waals surface area contributed by atoms with Crippen molar-refractivity contribution in [1.82, 2.24) is 9.80 Å². The van der Waals surface area contributed by atoms with Crippen molar-refractivity contribution < 1.29 is 109 Å². The van der Waals surface area contributed by atoms with Crippen molar-refractivity contribution in [2.24, 2.45) is 0 Å². The molecule has 10 atom stereocenters. The van der Waals surface area contributed by atoms with Gasteiger partial charge in [0, 0.05) is 13.1 Å². The average molecular weight is 693 g/mol. The minimum atomic E-state index is -1.49. The molecule has 2 saturated heterocycles. The molecule has 18 heteroatoms.